The minimum absolute atomic E-state index is 0.00952. The second-order valence-corrected chi connectivity index (χ2v) is 8.26. The molecule has 0 unspecified atom stereocenters. The average molecular weight is 453 g/mol. The predicted molar refractivity (Wildman–Crippen MR) is 120 cm³/mol. The van der Waals surface area contributed by atoms with Crippen LogP contribution in [0.1, 0.15) is 24.0 Å². The Morgan fingerprint density at radius 1 is 1.00 bits per heavy atom. The lowest BCUT2D eigenvalue weighted by molar-refractivity contribution is -0.123. The first-order chi connectivity index (χ1) is 14.2. The van der Waals surface area contributed by atoms with E-state index in [1.807, 2.05) is 30.3 Å². The zero-order valence-corrected chi connectivity index (χ0v) is 18.0. The molecule has 1 amide bonds. The SMILES string of the molecule is O=C(COc1ccc2ccccc2c1Br)NCc1cccc(CN2CCCC2)c1. The summed E-state index contributed by atoms with van der Waals surface area (Å²) in [4.78, 5) is 14.7. The Morgan fingerprint density at radius 3 is 2.66 bits per heavy atom. The van der Waals surface area contributed by atoms with Gasteiger partial charge in [-0.15, -0.1) is 0 Å². The number of nitrogens with zero attached hydrogens (tertiary/aromatic N) is 1. The molecule has 3 aromatic carbocycles. The molecule has 0 spiro atoms. The minimum atomic E-state index is -0.130. The highest BCUT2D eigenvalue weighted by Crippen LogP contribution is 2.32. The van der Waals surface area contributed by atoms with Gasteiger partial charge in [-0.25, -0.2) is 0 Å². The molecule has 0 aromatic heterocycles. The van der Waals surface area contributed by atoms with Gasteiger partial charge in [0, 0.05) is 13.1 Å². The van der Waals surface area contributed by atoms with Gasteiger partial charge >= 0.3 is 0 Å². The summed E-state index contributed by atoms with van der Waals surface area (Å²) in [5.74, 6) is 0.543. The van der Waals surface area contributed by atoms with Crippen molar-refractivity contribution in [2.75, 3.05) is 19.7 Å². The van der Waals surface area contributed by atoms with Crippen LogP contribution in [0, 0.1) is 0 Å². The topological polar surface area (TPSA) is 41.6 Å². The van der Waals surface area contributed by atoms with Crippen molar-refractivity contribution in [3.05, 3.63) is 76.3 Å². The second kappa shape index (κ2) is 9.42. The first-order valence-corrected chi connectivity index (χ1v) is 10.9. The van der Waals surface area contributed by atoms with Gasteiger partial charge in [-0.05, 0) is 69.8 Å². The fourth-order valence-electron chi connectivity index (χ4n) is 3.76. The first-order valence-electron chi connectivity index (χ1n) is 10.1. The quantitative estimate of drug-likeness (QED) is 0.554. The number of hydrogen-bond acceptors (Lipinski definition) is 3. The van der Waals surface area contributed by atoms with Gasteiger partial charge < -0.3 is 10.1 Å². The summed E-state index contributed by atoms with van der Waals surface area (Å²) in [6.07, 6.45) is 2.59. The number of rotatable bonds is 7. The smallest absolute Gasteiger partial charge is 0.258 e. The summed E-state index contributed by atoms with van der Waals surface area (Å²) in [6, 6.07) is 20.4. The van der Waals surface area contributed by atoms with Crippen LogP contribution in [0.5, 0.6) is 5.75 Å². The zero-order chi connectivity index (χ0) is 20.1. The second-order valence-electron chi connectivity index (χ2n) is 7.47. The lowest BCUT2D eigenvalue weighted by Gasteiger charge is -2.15. The summed E-state index contributed by atoms with van der Waals surface area (Å²) in [5.41, 5.74) is 2.41. The number of ether oxygens (including phenoxy) is 1. The van der Waals surface area contributed by atoms with Gasteiger partial charge in [0.15, 0.2) is 6.61 Å². The van der Waals surface area contributed by atoms with E-state index in [0.29, 0.717) is 12.3 Å². The van der Waals surface area contributed by atoms with E-state index in [1.165, 1.54) is 31.5 Å². The summed E-state index contributed by atoms with van der Waals surface area (Å²) in [7, 11) is 0. The van der Waals surface area contributed by atoms with Crippen molar-refractivity contribution in [2.24, 2.45) is 0 Å². The van der Waals surface area contributed by atoms with Crippen LogP contribution in [0.15, 0.2) is 65.1 Å². The maximum Gasteiger partial charge on any atom is 0.258 e. The molecule has 150 valence electrons. The Kier molecular flexibility index (Phi) is 6.47. The van der Waals surface area contributed by atoms with Crippen LogP contribution < -0.4 is 10.1 Å². The molecule has 1 aliphatic rings. The van der Waals surface area contributed by atoms with Crippen LogP contribution in [0.3, 0.4) is 0 Å². The molecule has 5 heteroatoms. The molecule has 3 aromatic rings. The van der Waals surface area contributed by atoms with E-state index < -0.39 is 0 Å². The molecule has 0 aliphatic carbocycles. The van der Waals surface area contributed by atoms with Crippen molar-refractivity contribution < 1.29 is 9.53 Å². The number of likely N-dealkylation sites (tertiary alicyclic amines) is 1. The monoisotopic (exact) mass is 452 g/mol. The molecular formula is C24H25BrN2O2. The van der Waals surface area contributed by atoms with Crippen LogP contribution >= 0.6 is 15.9 Å². The highest BCUT2D eigenvalue weighted by Gasteiger charge is 2.12. The Balaban J connectivity index is 1.30. The predicted octanol–water partition coefficient (Wildman–Crippen LogP) is 4.89. The number of nitrogens with one attached hydrogen (secondary N) is 1. The summed E-state index contributed by atoms with van der Waals surface area (Å²) >= 11 is 3.59. The number of carbonyl (C=O) groups is 1. The van der Waals surface area contributed by atoms with Gasteiger partial charge in [0.05, 0.1) is 4.47 Å². The molecule has 0 atom stereocenters. The third-order valence-corrected chi connectivity index (χ3v) is 6.09. The third-order valence-electron chi connectivity index (χ3n) is 5.27. The van der Waals surface area contributed by atoms with Crippen molar-refractivity contribution in [1.29, 1.82) is 0 Å². The molecule has 29 heavy (non-hydrogen) atoms. The zero-order valence-electron chi connectivity index (χ0n) is 16.4. The van der Waals surface area contributed by atoms with Crippen LogP contribution in [0.4, 0.5) is 0 Å². The van der Waals surface area contributed by atoms with E-state index in [4.69, 9.17) is 4.74 Å². The number of fused-ring (bicyclic) bond motifs is 1. The Labute approximate surface area is 180 Å². The van der Waals surface area contributed by atoms with Gasteiger partial charge in [0.1, 0.15) is 5.75 Å². The van der Waals surface area contributed by atoms with Gasteiger partial charge in [-0.3, -0.25) is 9.69 Å². The van der Waals surface area contributed by atoms with Gasteiger partial charge in [0.25, 0.3) is 5.91 Å². The molecular weight excluding hydrogens is 428 g/mol. The van der Waals surface area contributed by atoms with E-state index in [2.05, 4.69) is 56.5 Å². The third kappa shape index (κ3) is 5.17. The first kappa shape index (κ1) is 19.9. The van der Waals surface area contributed by atoms with Crippen LogP contribution in [0.25, 0.3) is 10.8 Å². The maximum atomic E-state index is 12.3. The molecule has 4 nitrogen and oxygen atoms in total. The highest BCUT2D eigenvalue weighted by atomic mass is 79.9. The Morgan fingerprint density at radius 2 is 1.79 bits per heavy atom. The lowest BCUT2D eigenvalue weighted by Crippen LogP contribution is -2.28. The molecule has 0 saturated carbocycles. The number of hydrogen-bond donors (Lipinski definition) is 1. The van der Waals surface area contributed by atoms with Crippen molar-refractivity contribution >= 4 is 32.6 Å². The van der Waals surface area contributed by atoms with Crippen molar-refractivity contribution in [1.82, 2.24) is 10.2 Å². The summed E-state index contributed by atoms with van der Waals surface area (Å²) in [5, 5.41) is 5.15. The van der Waals surface area contributed by atoms with Crippen LogP contribution in [-0.4, -0.2) is 30.5 Å². The average Bonchev–Trinajstić information content (AvgIpc) is 3.25. The van der Waals surface area contributed by atoms with Gasteiger partial charge in [-0.1, -0.05) is 54.6 Å². The van der Waals surface area contributed by atoms with E-state index in [-0.39, 0.29) is 12.5 Å². The summed E-state index contributed by atoms with van der Waals surface area (Å²) < 4.78 is 6.62. The van der Waals surface area contributed by atoms with Crippen molar-refractivity contribution in [3.8, 4) is 5.75 Å². The largest absolute Gasteiger partial charge is 0.483 e. The number of carbonyl (C=O) groups excluding carboxylic acids is 1. The molecule has 1 fully saturated rings. The summed E-state index contributed by atoms with van der Waals surface area (Å²) in [6.45, 7) is 3.85. The van der Waals surface area contributed by atoms with Gasteiger partial charge in [0.2, 0.25) is 0 Å². The van der Waals surface area contributed by atoms with Crippen molar-refractivity contribution in [2.45, 2.75) is 25.9 Å². The van der Waals surface area contributed by atoms with Crippen LogP contribution in [-0.2, 0) is 17.9 Å². The van der Waals surface area contributed by atoms with E-state index in [9.17, 15) is 4.79 Å². The molecule has 1 heterocycles. The molecule has 0 bridgehead atoms. The molecule has 1 N–H and O–H groups in total. The number of benzene rings is 3. The molecule has 0 radical (unpaired) electrons. The molecule has 1 saturated heterocycles. The number of halogens is 1. The fourth-order valence-corrected chi connectivity index (χ4v) is 4.36. The normalized spacial score (nSPS) is 14.2. The van der Waals surface area contributed by atoms with Gasteiger partial charge in [-0.2, -0.15) is 0 Å². The highest BCUT2D eigenvalue weighted by molar-refractivity contribution is 9.10. The molecule has 4 rings (SSSR count). The lowest BCUT2D eigenvalue weighted by atomic mass is 10.1. The standard InChI is InChI=1S/C24H25BrN2O2/c25-24-21-9-2-1-8-20(21)10-11-22(24)29-17-23(28)26-15-18-6-5-7-19(14-18)16-27-12-3-4-13-27/h1-2,5-11,14H,3-4,12-13,15-17H2,(H,26,28). The van der Waals surface area contributed by atoms with E-state index >= 15 is 0 Å². The Bertz CT molecular complexity index is 999. The van der Waals surface area contributed by atoms with E-state index in [0.717, 1.165) is 27.4 Å². The Hall–Kier alpha value is -2.37. The molecule has 1 aliphatic heterocycles. The van der Waals surface area contributed by atoms with Crippen molar-refractivity contribution in [3.63, 3.8) is 0 Å². The van der Waals surface area contributed by atoms with Crippen LogP contribution in [0.2, 0.25) is 0 Å². The maximum absolute atomic E-state index is 12.3. The van der Waals surface area contributed by atoms with E-state index in [1.54, 1.807) is 0 Å². The fraction of sp³-hybridized carbons (Fsp3) is 0.292. The number of amides is 1. The minimum Gasteiger partial charge on any atom is -0.483 e.